The molecule has 0 saturated carbocycles. The van der Waals surface area contributed by atoms with Crippen LogP contribution in [0.2, 0.25) is 0 Å². The molecule has 1 heterocycles. The van der Waals surface area contributed by atoms with E-state index in [4.69, 9.17) is 4.74 Å². The van der Waals surface area contributed by atoms with Crippen LogP contribution in [0.1, 0.15) is 0 Å². The van der Waals surface area contributed by atoms with Crippen LogP contribution >= 0.6 is 0 Å². The van der Waals surface area contributed by atoms with E-state index in [-0.39, 0.29) is 12.2 Å². The lowest BCUT2D eigenvalue weighted by molar-refractivity contribution is 0.413. The van der Waals surface area contributed by atoms with Crippen molar-refractivity contribution in [2.24, 2.45) is 0 Å². The van der Waals surface area contributed by atoms with Crippen molar-refractivity contribution >= 4 is 0 Å². The zero-order valence-electron chi connectivity index (χ0n) is 6.44. The molecule has 0 aromatic rings. The van der Waals surface area contributed by atoms with E-state index in [0.717, 1.165) is 0 Å². The first kappa shape index (κ1) is 8.02. The summed E-state index contributed by atoms with van der Waals surface area (Å²) in [5, 5.41) is 0. The van der Waals surface area contributed by atoms with Gasteiger partial charge in [-0.1, -0.05) is 49.6 Å². The van der Waals surface area contributed by atoms with E-state index in [1.807, 2.05) is 24.3 Å². The summed E-state index contributed by atoms with van der Waals surface area (Å²) < 4.78 is 5.25. The van der Waals surface area contributed by atoms with Gasteiger partial charge in [-0.15, -0.1) is 0 Å². The Balaban J connectivity index is 2.26. The molecule has 0 amide bonds. The minimum atomic E-state index is 0.254. The number of epoxide rings is 1. The molecule has 2 unspecified atom stereocenters. The van der Waals surface area contributed by atoms with Crippen molar-refractivity contribution in [2.45, 2.75) is 12.2 Å². The first-order valence-electron chi connectivity index (χ1n) is 3.62. The summed E-state index contributed by atoms with van der Waals surface area (Å²) in [6, 6.07) is 0. The molecule has 1 aliphatic rings. The Bertz CT molecular complexity index is 179. The Morgan fingerprint density at radius 1 is 0.909 bits per heavy atom. The van der Waals surface area contributed by atoms with Gasteiger partial charge in [0.1, 0.15) is 12.2 Å². The van der Waals surface area contributed by atoms with Crippen molar-refractivity contribution in [2.75, 3.05) is 0 Å². The van der Waals surface area contributed by atoms with Crippen LogP contribution < -0.4 is 0 Å². The lowest BCUT2D eigenvalue weighted by Gasteiger charge is -1.75. The molecule has 0 radical (unpaired) electrons. The molecule has 0 aromatic carbocycles. The normalized spacial score (nSPS) is 29.5. The van der Waals surface area contributed by atoms with Gasteiger partial charge in [-0.05, 0) is 0 Å². The highest BCUT2D eigenvalue weighted by Gasteiger charge is 2.33. The highest BCUT2D eigenvalue weighted by Crippen LogP contribution is 2.24. The Kier molecular flexibility index (Phi) is 2.87. The Morgan fingerprint density at radius 3 is 1.73 bits per heavy atom. The summed E-state index contributed by atoms with van der Waals surface area (Å²) in [5.41, 5.74) is 0. The third-order valence-electron chi connectivity index (χ3n) is 1.44. The first-order valence-corrected chi connectivity index (χ1v) is 3.62. The second kappa shape index (κ2) is 3.94. The van der Waals surface area contributed by atoms with Crippen LogP contribution in [-0.2, 0) is 4.74 Å². The summed E-state index contributed by atoms with van der Waals surface area (Å²) in [5.74, 6) is 0. The number of hydrogen-bond donors (Lipinski definition) is 0. The fraction of sp³-hybridized carbons (Fsp3) is 0.200. The minimum Gasteiger partial charge on any atom is -0.361 e. The van der Waals surface area contributed by atoms with Crippen LogP contribution in [0.4, 0.5) is 0 Å². The maximum atomic E-state index is 5.25. The Morgan fingerprint density at radius 2 is 1.36 bits per heavy atom. The van der Waals surface area contributed by atoms with Crippen LogP contribution in [0.15, 0.2) is 49.6 Å². The molecule has 1 aliphatic heterocycles. The molecule has 0 aromatic heterocycles. The average molecular weight is 148 g/mol. The fourth-order valence-electron chi connectivity index (χ4n) is 0.822. The van der Waals surface area contributed by atoms with Crippen molar-refractivity contribution in [3.05, 3.63) is 49.6 Å². The molecule has 0 bridgehead atoms. The number of allylic oxidation sites excluding steroid dienone is 4. The van der Waals surface area contributed by atoms with Gasteiger partial charge in [0, 0.05) is 0 Å². The number of hydrogen-bond acceptors (Lipinski definition) is 1. The zero-order chi connectivity index (χ0) is 8.10. The zero-order valence-corrected chi connectivity index (χ0v) is 6.44. The Hall–Kier alpha value is -1.08. The van der Waals surface area contributed by atoms with Crippen LogP contribution in [-0.4, -0.2) is 12.2 Å². The van der Waals surface area contributed by atoms with Gasteiger partial charge in [-0.3, -0.25) is 0 Å². The molecule has 1 saturated heterocycles. The quantitative estimate of drug-likeness (QED) is 0.440. The topological polar surface area (TPSA) is 12.5 Å². The molecule has 1 nitrogen and oxygen atoms in total. The van der Waals surface area contributed by atoms with Gasteiger partial charge in [0.05, 0.1) is 0 Å². The molecule has 11 heavy (non-hydrogen) atoms. The third-order valence-corrected chi connectivity index (χ3v) is 1.44. The largest absolute Gasteiger partial charge is 0.361 e. The van der Waals surface area contributed by atoms with Gasteiger partial charge in [-0.25, -0.2) is 0 Å². The summed E-state index contributed by atoms with van der Waals surface area (Å²) in [6.07, 6.45) is 11.8. The second-order valence-electron chi connectivity index (χ2n) is 2.31. The summed E-state index contributed by atoms with van der Waals surface area (Å²) >= 11 is 0. The van der Waals surface area contributed by atoms with Crippen LogP contribution in [0.5, 0.6) is 0 Å². The van der Waals surface area contributed by atoms with E-state index in [1.165, 1.54) is 0 Å². The molecule has 1 fully saturated rings. The van der Waals surface area contributed by atoms with Gasteiger partial charge < -0.3 is 4.74 Å². The van der Waals surface area contributed by atoms with Gasteiger partial charge in [0.15, 0.2) is 0 Å². The van der Waals surface area contributed by atoms with Crippen molar-refractivity contribution in [3.63, 3.8) is 0 Å². The van der Waals surface area contributed by atoms with Crippen molar-refractivity contribution in [1.82, 2.24) is 0 Å². The van der Waals surface area contributed by atoms with Crippen molar-refractivity contribution in [3.8, 4) is 0 Å². The van der Waals surface area contributed by atoms with Crippen molar-refractivity contribution in [1.29, 1.82) is 0 Å². The van der Waals surface area contributed by atoms with Crippen molar-refractivity contribution < 1.29 is 4.74 Å². The summed E-state index contributed by atoms with van der Waals surface area (Å²) in [6.45, 7) is 7.14. The number of ether oxygens (including phenoxy) is 1. The maximum Gasteiger partial charge on any atom is 0.107 e. The smallest absolute Gasteiger partial charge is 0.107 e. The predicted octanol–water partition coefficient (Wildman–Crippen LogP) is 2.24. The molecule has 2 atom stereocenters. The van der Waals surface area contributed by atoms with E-state index in [2.05, 4.69) is 13.2 Å². The first-order chi connectivity index (χ1) is 5.38. The van der Waals surface area contributed by atoms with E-state index in [1.54, 1.807) is 12.2 Å². The predicted molar refractivity (Wildman–Crippen MR) is 47.3 cm³/mol. The van der Waals surface area contributed by atoms with E-state index < -0.39 is 0 Å². The Labute approximate surface area is 67.4 Å². The third kappa shape index (κ3) is 2.56. The maximum absolute atomic E-state index is 5.25. The molecule has 0 N–H and O–H groups in total. The summed E-state index contributed by atoms with van der Waals surface area (Å²) in [4.78, 5) is 0. The van der Waals surface area contributed by atoms with Crippen LogP contribution in [0, 0.1) is 0 Å². The second-order valence-corrected chi connectivity index (χ2v) is 2.31. The van der Waals surface area contributed by atoms with Gasteiger partial charge in [-0.2, -0.15) is 0 Å². The summed E-state index contributed by atoms with van der Waals surface area (Å²) in [7, 11) is 0. The molecular weight excluding hydrogens is 136 g/mol. The lowest BCUT2D eigenvalue weighted by Crippen LogP contribution is -1.82. The molecule has 0 aliphatic carbocycles. The fourth-order valence-corrected chi connectivity index (χ4v) is 0.822. The highest BCUT2D eigenvalue weighted by atomic mass is 16.6. The monoisotopic (exact) mass is 148 g/mol. The SMILES string of the molecule is C=CC=CC1OC1C=CC=C. The van der Waals surface area contributed by atoms with Gasteiger partial charge >= 0.3 is 0 Å². The molecule has 1 rings (SSSR count). The van der Waals surface area contributed by atoms with Gasteiger partial charge in [0.25, 0.3) is 0 Å². The van der Waals surface area contributed by atoms with E-state index >= 15 is 0 Å². The van der Waals surface area contributed by atoms with Crippen LogP contribution in [0.3, 0.4) is 0 Å². The molecule has 0 spiro atoms. The molecule has 1 heteroatoms. The van der Waals surface area contributed by atoms with Crippen LogP contribution in [0.25, 0.3) is 0 Å². The molecular formula is C10H12O. The van der Waals surface area contributed by atoms with Gasteiger partial charge in [0.2, 0.25) is 0 Å². The van der Waals surface area contributed by atoms with E-state index in [9.17, 15) is 0 Å². The minimum absolute atomic E-state index is 0.254. The number of rotatable bonds is 4. The standard InChI is InChI=1S/C10H12O/c1-3-5-7-9-10(11-9)8-6-4-2/h3-10H,1-2H2. The van der Waals surface area contributed by atoms with E-state index in [0.29, 0.717) is 0 Å². The molecule has 58 valence electrons. The lowest BCUT2D eigenvalue weighted by atomic mass is 10.2. The average Bonchev–Trinajstić information content (AvgIpc) is 2.76. The highest BCUT2D eigenvalue weighted by molar-refractivity contribution is 5.16.